The Morgan fingerprint density at radius 3 is 3.09 bits per heavy atom. The van der Waals surface area contributed by atoms with E-state index in [9.17, 15) is 4.79 Å². The molecule has 1 aliphatic rings. The van der Waals surface area contributed by atoms with Gasteiger partial charge in [0.2, 0.25) is 5.95 Å². The molecule has 3 N–H and O–H groups in total. The Morgan fingerprint density at radius 1 is 1.50 bits per heavy atom. The normalized spacial score (nSPS) is 18.2. The fraction of sp³-hybridized carbons (Fsp3) is 0.429. The van der Waals surface area contributed by atoms with Gasteiger partial charge in [-0.15, -0.1) is 0 Å². The van der Waals surface area contributed by atoms with E-state index in [1.165, 1.54) is 0 Å². The number of piperidine rings is 1. The van der Waals surface area contributed by atoms with E-state index in [2.05, 4.69) is 20.4 Å². The topological polar surface area (TPSA) is 102 Å². The van der Waals surface area contributed by atoms with Crippen LogP contribution in [0.4, 0.5) is 16.4 Å². The number of nitrogen functional groups attached to an aromatic ring is 1. The van der Waals surface area contributed by atoms with Crippen LogP contribution < -0.4 is 11.1 Å². The molecular formula is C14H19N7O. The maximum atomic E-state index is 12.3. The third-order valence-electron chi connectivity index (χ3n) is 3.78. The van der Waals surface area contributed by atoms with Crippen molar-refractivity contribution in [3.63, 3.8) is 0 Å². The van der Waals surface area contributed by atoms with E-state index >= 15 is 0 Å². The highest BCUT2D eigenvalue weighted by Gasteiger charge is 2.26. The molecule has 1 atom stereocenters. The molecule has 3 heterocycles. The second-order valence-corrected chi connectivity index (χ2v) is 5.46. The van der Waals surface area contributed by atoms with Crippen LogP contribution in [0.15, 0.2) is 24.7 Å². The molecule has 0 unspecified atom stereocenters. The first-order chi connectivity index (χ1) is 10.6. The molecule has 0 bridgehead atoms. The number of nitrogens with two attached hydrogens (primary N) is 1. The second kappa shape index (κ2) is 6.00. The molecular weight excluding hydrogens is 282 g/mol. The summed E-state index contributed by atoms with van der Waals surface area (Å²) >= 11 is 0. The predicted octanol–water partition coefficient (Wildman–Crippen LogP) is 1.20. The van der Waals surface area contributed by atoms with Gasteiger partial charge in [-0.25, -0.2) is 14.8 Å². The number of anilines is 2. The van der Waals surface area contributed by atoms with Crippen LogP contribution in [0.2, 0.25) is 0 Å². The summed E-state index contributed by atoms with van der Waals surface area (Å²) in [5.74, 6) is 0.466. The molecule has 1 fully saturated rings. The van der Waals surface area contributed by atoms with Gasteiger partial charge in [-0.1, -0.05) is 0 Å². The van der Waals surface area contributed by atoms with Gasteiger partial charge in [0.25, 0.3) is 0 Å². The minimum absolute atomic E-state index is 0.111. The Morgan fingerprint density at radius 2 is 2.36 bits per heavy atom. The van der Waals surface area contributed by atoms with Crippen molar-refractivity contribution >= 4 is 17.7 Å². The molecule has 8 nitrogen and oxygen atoms in total. The molecule has 1 aliphatic heterocycles. The number of aromatic nitrogens is 4. The summed E-state index contributed by atoms with van der Waals surface area (Å²) in [7, 11) is 1.81. The number of nitrogens with zero attached hydrogens (tertiary/aromatic N) is 5. The van der Waals surface area contributed by atoms with E-state index in [4.69, 9.17) is 5.73 Å². The van der Waals surface area contributed by atoms with Crippen molar-refractivity contribution in [2.24, 2.45) is 7.05 Å². The Hall–Kier alpha value is -2.64. The highest BCUT2D eigenvalue weighted by molar-refractivity contribution is 5.89. The van der Waals surface area contributed by atoms with Crippen LogP contribution in [-0.4, -0.2) is 43.8 Å². The van der Waals surface area contributed by atoms with Crippen molar-refractivity contribution in [3.8, 4) is 0 Å². The molecule has 2 amide bonds. The van der Waals surface area contributed by atoms with E-state index in [0.717, 1.165) is 25.1 Å². The van der Waals surface area contributed by atoms with Crippen molar-refractivity contribution in [1.29, 1.82) is 0 Å². The highest BCUT2D eigenvalue weighted by Crippen LogP contribution is 2.26. The van der Waals surface area contributed by atoms with E-state index in [1.54, 1.807) is 28.2 Å². The number of carbonyl (C=O) groups is 1. The van der Waals surface area contributed by atoms with Crippen LogP contribution in [0.25, 0.3) is 0 Å². The molecule has 2 aromatic rings. The molecule has 116 valence electrons. The van der Waals surface area contributed by atoms with Gasteiger partial charge in [0, 0.05) is 38.4 Å². The Kier molecular flexibility index (Phi) is 3.90. The summed E-state index contributed by atoms with van der Waals surface area (Å²) in [6.07, 6.45) is 6.99. The zero-order chi connectivity index (χ0) is 15.5. The van der Waals surface area contributed by atoms with E-state index in [0.29, 0.717) is 12.2 Å². The molecule has 0 spiro atoms. The van der Waals surface area contributed by atoms with Crippen molar-refractivity contribution < 1.29 is 4.79 Å². The van der Waals surface area contributed by atoms with Crippen molar-refractivity contribution in [1.82, 2.24) is 24.6 Å². The predicted molar refractivity (Wildman–Crippen MR) is 82.2 cm³/mol. The summed E-state index contributed by atoms with van der Waals surface area (Å²) in [5, 5.41) is 6.90. The van der Waals surface area contributed by atoms with Crippen LogP contribution in [0.1, 0.15) is 24.5 Å². The molecule has 1 saturated heterocycles. The van der Waals surface area contributed by atoms with Gasteiger partial charge in [-0.3, -0.25) is 4.68 Å². The summed E-state index contributed by atoms with van der Waals surface area (Å²) in [6, 6.07) is 1.75. The molecule has 0 aromatic carbocycles. The van der Waals surface area contributed by atoms with Crippen LogP contribution >= 0.6 is 0 Å². The fourth-order valence-corrected chi connectivity index (χ4v) is 2.71. The van der Waals surface area contributed by atoms with Crippen LogP contribution in [0.5, 0.6) is 0 Å². The molecule has 8 heteroatoms. The van der Waals surface area contributed by atoms with Crippen molar-refractivity contribution in [3.05, 3.63) is 30.4 Å². The lowest BCUT2D eigenvalue weighted by Crippen LogP contribution is -2.41. The monoisotopic (exact) mass is 301 g/mol. The Bertz CT molecular complexity index is 669. The quantitative estimate of drug-likeness (QED) is 0.868. The van der Waals surface area contributed by atoms with Gasteiger partial charge in [-0.2, -0.15) is 5.10 Å². The Labute approximate surface area is 128 Å². The molecule has 0 aliphatic carbocycles. The summed E-state index contributed by atoms with van der Waals surface area (Å²) < 4.78 is 1.65. The zero-order valence-electron chi connectivity index (χ0n) is 12.4. The minimum Gasteiger partial charge on any atom is -0.368 e. The van der Waals surface area contributed by atoms with Crippen LogP contribution in [-0.2, 0) is 7.05 Å². The number of rotatable bonds is 2. The number of carbonyl (C=O) groups excluding carboxylic acids is 1. The third kappa shape index (κ3) is 3.16. The molecule has 2 aromatic heterocycles. The molecule has 0 saturated carbocycles. The van der Waals surface area contributed by atoms with Crippen molar-refractivity contribution in [2.45, 2.75) is 18.8 Å². The van der Waals surface area contributed by atoms with Gasteiger partial charge < -0.3 is 16.0 Å². The standard InChI is InChI=1S/C14H19N7O/c1-20-9-11(7-17-20)18-14(22)21-6-2-3-10(8-21)12-4-5-16-13(15)19-12/h4-5,7,9-10H,2-3,6,8H2,1H3,(H,18,22)(H2,15,16,19)/t10-/m0/s1. The summed E-state index contributed by atoms with van der Waals surface area (Å²) in [6.45, 7) is 1.37. The number of amides is 2. The average molecular weight is 301 g/mol. The van der Waals surface area contributed by atoms with Gasteiger partial charge in [-0.05, 0) is 18.9 Å². The van der Waals surface area contributed by atoms with Gasteiger partial charge in [0.15, 0.2) is 0 Å². The van der Waals surface area contributed by atoms with Gasteiger partial charge >= 0.3 is 6.03 Å². The van der Waals surface area contributed by atoms with E-state index in [-0.39, 0.29) is 17.9 Å². The number of aryl methyl sites for hydroxylation is 1. The first-order valence-corrected chi connectivity index (χ1v) is 7.25. The summed E-state index contributed by atoms with van der Waals surface area (Å²) in [5.41, 5.74) is 7.23. The molecule has 22 heavy (non-hydrogen) atoms. The number of urea groups is 1. The highest BCUT2D eigenvalue weighted by atomic mass is 16.2. The second-order valence-electron chi connectivity index (χ2n) is 5.46. The largest absolute Gasteiger partial charge is 0.368 e. The van der Waals surface area contributed by atoms with Crippen LogP contribution in [0, 0.1) is 0 Å². The maximum absolute atomic E-state index is 12.3. The zero-order valence-corrected chi connectivity index (χ0v) is 12.4. The van der Waals surface area contributed by atoms with Crippen molar-refractivity contribution in [2.75, 3.05) is 24.1 Å². The first kappa shape index (κ1) is 14.3. The fourth-order valence-electron chi connectivity index (χ4n) is 2.71. The van der Waals surface area contributed by atoms with E-state index < -0.39 is 0 Å². The minimum atomic E-state index is -0.111. The SMILES string of the molecule is Cn1cc(NC(=O)N2CCC[C@H](c3ccnc(N)n3)C2)cn1. The first-order valence-electron chi connectivity index (χ1n) is 7.25. The van der Waals surface area contributed by atoms with E-state index in [1.807, 2.05) is 13.1 Å². The number of likely N-dealkylation sites (tertiary alicyclic amines) is 1. The summed E-state index contributed by atoms with van der Waals surface area (Å²) in [4.78, 5) is 22.3. The lowest BCUT2D eigenvalue weighted by atomic mass is 9.95. The lowest BCUT2D eigenvalue weighted by molar-refractivity contribution is 0.192. The van der Waals surface area contributed by atoms with Gasteiger partial charge in [0.05, 0.1) is 17.6 Å². The lowest BCUT2D eigenvalue weighted by Gasteiger charge is -2.32. The maximum Gasteiger partial charge on any atom is 0.321 e. The molecule has 0 radical (unpaired) electrons. The van der Waals surface area contributed by atoms with Gasteiger partial charge in [0.1, 0.15) is 0 Å². The number of nitrogens with one attached hydrogen (secondary N) is 1. The Balaban J connectivity index is 1.66. The third-order valence-corrected chi connectivity index (χ3v) is 3.78. The smallest absolute Gasteiger partial charge is 0.321 e. The number of hydrogen-bond donors (Lipinski definition) is 2. The average Bonchev–Trinajstić information content (AvgIpc) is 2.92. The number of hydrogen-bond acceptors (Lipinski definition) is 5. The van der Waals surface area contributed by atoms with Crippen LogP contribution in [0.3, 0.4) is 0 Å². The molecule has 3 rings (SSSR count).